The van der Waals surface area contributed by atoms with Crippen molar-refractivity contribution < 1.29 is 9.84 Å². The Hall–Kier alpha value is -0.0151. The molecule has 0 aliphatic carbocycles. The number of aliphatic hydroxyl groups is 1. The van der Waals surface area contributed by atoms with E-state index in [2.05, 4.69) is 0 Å². The standard InChI is InChI=1S/C5H9BO2/c6-5-2-1-4(3-7)8-5/h4-5,7H,1-3H2. The first-order chi connectivity index (χ1) is 3.83. The molecule has 1 aliphatic rings. The molecule has 8 heavy (non-hydrogen) atoms. The molecular formula is C5H9BO2. The van der Waals surface area contributed by atoms with Crippen molar-refractivity contribution in [2.24, 2.45) is 0 Å². The maximum Gasteiger partial charge on any atom is 0.109 e. The predicted octanol–water partition coefficient (Wildman–Crippen LogP) is -0.348. The van der Waals surface area contributed by atoms with Gasteiger partial charge in [0, 0.05) is 6.00 Å². The Morgan fingerprint density at radius 1 is 1.62 bits per heavy atom. The zero-order chi connectivity index (χ0) is 5.98. The van der Waals surface area contributed by atoms with E-state index in [4.69, 9.17) is 17.7 Å². The second kappa shape index (κ2) is 2.51. The molecule has 1 rings (SSSR count). The van der Waals surface area contributed by atoms with Gasteiger partial charge in [-0.1, -0.05) is 0 Å². The quantitative estimate of drug-likeness (QED) is 0.470. The van der Waals surface area contributed by atoms with E-state index >= 15 is 0 Å². The Morgan fingerprint density at radius 2 is 2.38 bits per heavy atom. The van der Waals surface area contributed by atoms with Crippen LogP contribution in [0.2, 0.25) is 0 Å². The number of ether oxygens (including phenoxy) is 1. The largest absolute Gasteiger partial charge is 0.394 e. The highest BCUT2D eigenvalue weighted by molar-refractivity contribution is 6.11. The molecule has 1 N–H and O–H groups in total. The molecule has 44 valence electrons. The number of rotatable bonds is 1. The van der Waals surface area contributed by atoms with E-state index < -0.39 is 0 Å². The molecule has 0 spiro atoms. The first kappa shape index (κ1) is 6.11. The first-order valence-corrected chi connectivity index (χ1v) is 2.85. The van der Waals surface area contributed by atoms with Crippen LogP contribution in [0.25, 0.3) is 0 Å². The Bertz CT molecular complexity index is 76.8. The molecule has 0 aromatic rings. The third-order valence-corrected chi connectivity index (χ3v) is 1.34. The van der Waals surface area contributed by atoms with Crippen LogP contribution in [0.1, 0.15) is 12.8 Å². The van der Waals surface area contributed by atoms with Gasteiger partial charge in [-0.05, 0) is 12.8 Å². The van der Waals surface area contributed by atoms with E-state index in [1.165, 1.54) is 0 Å². The Balaban J connectivity index is 2.22. The molecule has 1 fully saturated rings. The van der Waals surface area contributed by atoms with Crippen LogP contribution in [0.5, 0.6) is 0 Å². The van der Waals surface area contributed by atoms with Gasteiger partial charge in [0.2, 0.25) is 0 Å². The summed E-state index contributed by atoms with van der Waals surface area (Å²) in [6.45, 7) is 0.105. The highest BCUT2D eigenvalue weighted by atomic mass is 16.5. The summed E-state index contributed by atoms with van der Waals surface area (Å²) < 4.78 is 5.04. The van der Waals surface area contributed by atoms with Crippen molar-refractivity contribution >= 4 is 7.85 Å². The third kappa shape index (κ3) is 1.23. The second-order valence-corrected chi connectivity index (χ2v) is 2.06. The van der Waals surface area contributed by atoms with Gasteiger partial charge in [-0.25, -0.2) is 0 Å². The van der Waals surface area contributed by atoms with Crippen molar-refractivity contribution in [3.8, 4) is 0 Å². The lowest BCUT2D eigenvalue weighted by Crippen LogP contribution is -2.13. The minimum Gasteiger partial charge on any atom is -0.394 e. The molecule has 0 aromatic carbocycles. The average Bonchev–Trinajstić information content (AvgIpc) is 2.14. The third-order valence-electron chi connectivity index (χ3n) is 1.34. The SMILES string of the molecule is [B]C1CCC(CO)O1. The molecule has 1 saturated heterocycles. The van der Waals surface area contributed by atoms with Crippen molar-refractivity contribution in [2.75, 3.05) is 6.61 Å². The molecule has 2 nitrogen and oxygen atoms in total. The van der Waals surface area contributed by atoms with E-state index in [1.807, 2.05) is 0 Å². The van der Waals surface area contributed by atoms with Crippen molar-refractivity contribution in [1.29, 1.82) is 0 Å². The second-order valence-electron chi connectivity index (χ2n) is 2.06. The van der Waals surface area contributed by atoms with Gasteiger partial charge in [-0.15, -0.1) is 0 Å². The van der Waals surface area contributed by atoms with Gasteiger partial charge in [-0.2, -0.15) is 0 Å². The summed E-state index contributed by atoms with van der Waals surface area (Å²) in [4.78, 5) is 0. The predicted molar refractivity (Wildman–Crippen MR) is 30.7 cm³/mol. The van der Waals surface area contributed by atoms with Crippen LogP contribution in [0.15, 0.2) is 0 Å². The first-order valence-electron chi connectivity index (χ1n) is 2.85. The maximum atomic E-state index is 8.50. The topological polar surface area (TPSA) is 29.5 Å². The fourth-order valence-electron chi connectivity index (χ4n) is 0.868. The van der Waals surface area contributed by atoms with E-state index in [-0.39, 0.29) is 18.7 Å². The monoisotopic (exact) mass is 112 g/mol. The summed E-state index contributed by atoms with van der Waals surface area (Å²) in [5.74, 6) is 0. The van der Waals surface area contributed by atoms with Crippen LogP contribution in [-0.2, 0) is 4.74 Å². The van der Waals surface area contributed by atoms with Gasteiger partial charge >= 0.3 is 0 Å². The van der Waals surface area contributed by atoms with Gasteiger partial charge in [0.05, 0.1) is 12.7 Å². The molecule has 3 heteroatoms. The molecule has 0 amide bonds. The Kier molecular flexibility index (Phi) is 1.92. The zero-order valence-corrected chi connectivity index (χ0v) is 4.71. The van der Waals surface area contributed by atoms with Gasteiger partial charge in [0.15, 0.2) is 0 Å². The van der Waals surface area contributed by atoms with Crippen LogP contribution in [0, 0.1) is 0 Å². The highest BCUT2D eigenvalue weighted by Crippen LogP contribution is 2.15. The van der Waals surface area contributed by atoms with Gasteiger partial charge in [0.1, 0.15) is 7.85 Å². The smallest absolute Gasteiger partial charge is 0.109 e. The number of hydrogen-bond donors (Lipinski definition) is 1. The summed E-state index contributed by atoms with van der Waals surface area (Å²) in [5, 5.41) is 8.50. The summed E-state index contributed by atoms with van der Waals surface area (Å²) in [5.41, 5.74) is 0. The summed E-state index contributed by atoms with van der Waals surface area (Å²) in [7, 11) is 5.37. The highest BCUT2D eigenvalue weighted by Gasteiger charge is 2.19. The molecule has 0 saturated carbocycles. The minimum atomic E-state index is -0.132. The lowest BCUT2D eigenvalue weighted by atomic mass is 9.97. The van der Waals surface area contributed by atoms with Gasteiger partial charge in [0.25, 0.3) is 0 Å². The van der Waals surface area contributed by atoms with E-state index in [1.54, 1.807) is 0 Å². The fourth-order valence-corrected chi connectivity index (χ4v) is 0.868. The zero-order valence-electron chi connectivity index (χ0n) is 4.71. The van der Waals surface area contributed by atoms with Crippen LogP contribution < -0.4 is 0 Å². The molecular weight excluding hydrogens is 103 g/mol. The van der Waals surface area contributed by atoms with Gasteiger partial charge in [-0.3, -0.25) is 0 Å². The lowest BCUT2D eigenvalue weighted by molar-refractivity contribution is 0.0432. The minimum absolute atomic E-state index is 0.00463. The van der Waals surface area contributed by atoms with Gasteiger partial charge < -0.3 is 9.84 Å². The van der Waals surface area contributed by atoms with Crippen molar-refractivity contribution in [3.05, 3.63) is 0 Å². The number of hydrogen-bond acceptors (Lipinski definition) is 2. The molecule has 2 radical (unpaired) electrons. The van der Waals surface area contributed by atoms with Crippen molar-refractivity contribution in [1.82, 2.24) is 0 Å². The lowest BCUT2D eigenvalue weighted by Gasteiger charge is -2.05. The number of aliphatic hydroxyl groups excluding tert-OH is 1. The molecule has 1 aliphatic heterocycles. The summed E-state index contributed by atoms with van der Waals surface area (Å²) >= 11 is 0. The van der Waals surface area contributed by atoms with Crippen LogP contribution in [0.4, 0.5) is 0 Å². The summed E-state index contributed by atoms with van der Waals surface area (Å²) in [6.07, 6.45) is 1.79. The molecule has 0 bridgehead atoms. The van der Waals surface area contributed by atoms with E-state index in [0.29, 0.717) is 0 Å². The van der Waals surface area contributed by atoms with Crippen molar-refractivity contribution in [3.63, 3.8) is 0 Å². The fraction of sp³-hybridized carbons (Fsp3) is 1.00. The average molecular weight is 112 g/mol. The molecule has 1 heterocycles. The van der Waals surface area contributed by atoms with Crippen LogP contribution >= 0.6 is 0 Å². The maximum absolute atomic E-state index is 8.50. The molecule has 2 atom stereocenters. The molecule has 2 unspecified atom stereocenters. The van der Waals surface area contributed by atoms with Crippen LogP contribution in [-0.4, -0.2) is 31.7 Å². The Morgan fingerprint density at radius 3 is 2.62 bits per heavy atom. The Labute approximate surface area is 50.3 Å². The molecule has 0 aromatic heterocycles. The normalized spacial score (nSPS) is 38.1. The van der Waals surface area contributed by atoms with E-state index in [0.717, 1.165) is 12.8 Å². The van der Waals surface area contributed by atoms with E-state index in [9.17, 15) is 0 Å². The summed E-state index contributed by atoms with van der Waals surface area (Å²) in [6, 6.07) is -0.132. The van der Waals surface area contributed by atoms with Crippen LogP contribution in [0.3, 0.4) is 0 Å². The van der Waals surface area contributed by atoms with Crippen molar-refractivity contribution in [2.45, 2.75) is 24.9 Å².